The second-order valence-electron chi connectivity index (χ2n) is 3.64. The zero-order valence-corrected chi connectivity index (χ0v) is 11.7. The van der Waals surface area contributed by atoms with E-state index in [1.165, 1.54) is 0 Å². The normalized spacial score (nSPS) is 9.83. The van der Waals surface area contributed by atoms with Crippen molar-refractivity contribution in [2.45, 2.75) is 6.61 Å². The number of benzene rings is 2. The molecule has 0 amide bonds. The summed E-state index contributed by atoms with van der Waals surface area (Å²) in [6.45, 7) is 0.397. The summed E-state index contributed by atoms with van der Waals surface area (Å²) >= 11 is 9.33. The quantitative estimate of drug-likeness (QED) is 0.830. The second kappa shape index (κ2) is 5.90. The molecule has 2 rings (SSSR count). The molecule has 0 atom stereocenters. The molecule has 90 valence electrons. The monoisotopic (exact) mass is 321 g/mol. The van der Waals surface area contributed by atoms with Crippen LogP contribution in [-0.4, -0.2) is 0 Å². The minimum absolute atomic E-state index is 0.370. The maximum atomic E-state index is 9.02. The van der Waals surface area contributed by atoms with E-state index in [-0.39, 0.29) is 0 Å². The molecule has 18 heavy (non-hydrogen) atoms. The minimum atomic E-state index is 0.370. The highest BCUT2D eigenvalue weighted by molar-refractivity contribution is 9.10. The van der Waals surface area contributed by atoms with Gasteiger partial charge in [0.15, 0.2) is 0 Å². The molecular weight excluding hydrogens is 314 g/mol. The zero-order valence-electron chi connectivity index (χ0n) is 9.36. The van der Waals surface area contributed by atoms with Crippen molar-refractivity contribution in [1.29, 1.82) is 5.26 Å². The predicted octanol–water partition coefficient (Wildman–Crippen LogP) is 4.55. The first kappa shape index (κ1) is 12.9. The van der Waals surface area contributed by atoms with Crippen LogP contribution in [0.3, 0.4) is 0 Å². The summed E-state index contributed by atoms with van der Waals surface area (Å²) in [4.78, 5) is 0. The first-order valence-electron chi connectivity index (χ1n) is 5.26. The molecule has 2 nitrogen and oxygen atoms in total. The molecule has 0 saturated heterocycles. The van der Waals surface area contributed by atoms with E-state index in [2.05, 4.69) is 15.9 Å². The standard InChI is InChI=1S/C14H9BrClNO/c15-11-4-1-3-10(7-11)9-18-14-6-2-5-13(16)12(14)8-17/h1-7H,9H2. The van der Waals surface area contributed by atoms with E-state index in [1.54, 1.807) is 18.2 Å². The summed E-state index contributed by atoms with van der Waals surface area (Å²) in [5.74, 6) is 0.505. The van der Waals surface area contributed by atoms with Crippen molar-refractivity contribution >= 4 is 27.5 Å². The van der Waals surface area contributed by atoms with Crippen LogP contribution in [0, 0.1) is 11.3 Å². The van der Waals surface area contributed by atoms with E-state index < -0.39 is 0 Å². The van der Waals surface area contributed by atoms with Gasteiger partial charge in [-0.25, -0.2) is 0 Å². The molecule has 2 aromatic rings. The van der Waals surface area contributed by atoms with Crippen LogP contribution in [0.4, 0.5) is 0 Å². The van der Waals surface area contributed by atoms with Crippen LogP contribution in [0.2, 0.25) is 5.02 Å². The molecule has 0 aliphatic heterocycles. The maximum Gasteiger partial charge on any atom is 0.139 e. The first-order chi connectivity index (χ1) is 8.70. The highest BCUT2D eigenvalue weighted by atomic mass is 79.9. The van der Waals surface area contributed by atoms with Crippen molar-refractivity contribution in [1.82, 2.24) is 0 Å². The number of ether oxygens (including phenoxy) is 1. The van der Waals surface area contributed by atoms with Gasteiger partial charge >= 0.3 is 0 Å². The summed E-state index contributed by atoms with van der Waals surface area (Å²) in [6, 6.07) is 15.0. The fourth-order valence-corrected chi connectivity index (χ4v) is 2.18. The van der Waals surface area contributed by atoms with Crippen LogP contribution >= 0.6 is 27.5 Å². The summed E-state index contributed by atoms with van der Waals surface area (Å²) in [6.07, 6.45) is 0. The van der Waals surface area contributed by atoms with E-state index >= 15 is 0 Å². The molecule has 0 aliphatic rings. The summed E-state index contributed by atoms with van der Waals surface area (Å²) in [7, 11) is 0. The van der Waals surface area contributed by atoms with Gasteiger partial charge in [-0.3, -0.25) is 0 Å². The summed E-state index contributed by atoms with van der Waals surface area (Å²) < 4.78 is 6.62. The Labute approximate surface area is 119 Å². The lowest BCUT2D eigenvalue weighted by Crippen LogP contribution is -1.97. The molecule has 0 spiro atoms. The Balaban J connectivity index is 2.16. The van der Waals surface area contributed by atoms with Crippen LogP contribution in [-0.2, 0) is 6.61 Å². The van der Waals surface area contributed by atoms with Gasteiger partial charge in [-0.1, -0.05) is 45.7 Å². The van der Waals surface area contributed by atoms with Crippen molar-refractivity contribution in [2.75, 3.05) is 0 Å². The lowest BCUT2D eigenvalue weighted by Gasteiger charge is -2.08. The van der Waals surface area contributed by atoms with Crippen molar-refractivity contribution in [3.63, 3.8) is 0 Å². The van der Waals surface area contributed by atoms with E-state index in [9.17, 15) is 0 Å². The van der Waals surface area contributed by atoms with Gasteiger partial charge in [0.25, 0.3) is 0 Å². The van der Waals surface area contributed by atoms with Gasteiger partial charge in [-0.2, -0.15) is 5.26 Å². The minimum Gasteiger partial charge on any atom is -0.487 e. The second-order valence-corrected chi connectivity index (χ2v) is 4.97. The van der Waals surface area contributed by atoms with Gasteiger partial charge in [0.2, 0.25) is 0 Å². The van der Waals surface area contributed by atoms with Crippen molar-refractivity contribution < 1.29 is 4.74 Å². The Morgan fingerprint density at radius 3 is 2.72 bits per heavy atom. The molecule has 2 aromatic carbocycles. The molecule has 0 bridgehead atoms. The first-order valence-corrected chi connectivity index (χ1v) is 6.43. The fraction of sp³-hybridized carbons (Fsp3) is 0.0714. The van der Waals surface area contributed by atoms with Gasteiger partial charge in [-0.05, 0) is 29.8 Å². The van der Waals surface area contributed by atoms with Crippen LogP contribution in [0.5, 0.6) is 5.75 Å². The van der Waals surface area contributed by atoms with Gasteiger partial charge in [-0.15, -0.1) is 0 Å². The highest BCUT2D eigenvalue weighted by Crippen LogP contribution is 2.26. The Hall–Kier alpha value is -1.50. The van der Waals surface area contributed by atoms with Crippen molar-refractivity contribution in [3.8, 4) is 11.8 Å². The zero-order chi connectivity index (χ0) is 13.0. The Morgan fingerprint density at radius 1 is 1.22 bits per heavy atom. The van der Waals surface area contributed by atoms with Gasteiger partial charge in [0.05, 0.1) is 5.02 Å². The Bertz CT molecular complexity index is 607. The Kier molecular flexibility index (Phi) is 4.24. The fourth-order valence-electron chi connectivity index (χ4n) is 1.52. The number of nitriles is 1. The van der Waals surface area contributed by atoms with E-state index in [1.807, 2.05) is 30.3 Å². The third-order valence-electron chi connectivity index (χ3n) is 2.37. The smallest absolute Gasteiger partial charge is 0.139 e. The SMILES string of the molecule is N#Cc1c(Cl)cccc1OCc1cccc(Br)c1. The molecule has 0 aliphatic carbocycles. The van der Waals surface area contributed by atoms with Gasteiger partial charge < -0.3 is 4.74 Å². The van der Waals surface area contributed by atoms with Gasteiger partial charge in [0, 0.05) is 4.47 Å². The van der Waals surface area contributed by atoms with Crippen LogP contribution in [0.15, 0.2) is 46.9 Å². The molecule has 0 N–H and O–H groups in total. The predicted molar refractivity (Wildman–Crippen MR) is 74.6 cm³/mol. The maximum absolute atomic E-state index is 9.02. The summed E-state index contributed by atoms with van der Waals surface area (Å²) in [5, 5.41) is 9.43. The highest BCUT2D eigenvalue weighted by Gasteiger charge is 2.07. The van der Waals surface area contributed by atoms with Crippen LogP contribution < -0.4 is 4.74 Å². The third-order valence-corrected chi connectivity index (χ3v) is 3.18. The number of hydrogen-bond donors (Lipinski definition) is 0. The lowest BCUT2D eigenvalue weighted by atomic mass is 10.2. The van der Waals surface area contributed by atoms with Crippen LogP contribution in [0.25, 0.3) is 0 Å². The average Bonchev–Trinajstić information content (AvgIpc) is 2.36. The topological polar surface area (TPSA) is 33.0 Å². The molecule has 0 aromatic heterocycles. The average molecular weight is 323 g/mol. The molecule has 4 heteroatoms. The molecular formula is C14H9BrClNO. The van der Waals surface area contributed by atoms with E-state index in [0.29, 0.717) is 22.9 Å². The van der Waals surface area contributed by atoms with E-state index in [0.717, 1.165) is 10.0 Å². The summed E-state index contributed by atoms with van der Waals surface area (Å²) in [5.41, 5.74) is 1.39. The number of hydrogen-bond acceptors (Lipinski definition) is 2. The third kappa shape index (κ3) is 3.04. The van der Waals surface area contributed by atoms with E-state index in [4.69, 9.17) is 21.6 Å². The van der Waals surface area contributed by atoms with Crippen molar-refractivity contribution in [2.24, 2.45) is 0 Å². The number of halogens is 2. The number of rotatable bonds is 3. The molecule has 0 heterocycles. The van der Waals surface area contributed by atoms with Crippen molar-refractivity contribution in [3.05, 3.63) is 63.1 Å². The molecule has 0 radical (unpaired) electrons. The number of nitrogens with zero attached hydrogens (tertiary/aromatic N) is 1. The largest absolute Gasteiger partial charge is 0.487 e. The molecule has 0 unspecified atom stereocenters. The Morgan fingerprint density at radius 2 is 2.00 bits per heavy atom. The van der Waals surface area contributed by atoms with Gasteiger partial charge in [0.1, 0.15) is 24.0 Å². The lowest BCUT2D eigenvalue weighted by molar-refractivity contribution is 0.305. The molecule has 0 saturated carbocycles. The molecule has 0 fully saturated rings. The van der Waals surface area contributed by atoms with Crippen LogP contribution in [0.1, 0.15) is 11.1 Å².